The number of ether oxygens (including phenoxy) is 1. The second-order valence-corrected chi connectivity index (χ2v) is 9.01. The fraction of sp³-hybridized carbons (Fsp3) is 0.333. The van der Waals surface area contributed by atoms with E-state index >= 15 is 0 Å². The van der Waals surface area contributed by atoms with Crippen LogP contribution in [-0.2, 0) is 6.54 Å². The van der Waals surface area contributed by atoms with E-state index < -0.39 is 0 Å². The number of hydrogen-bond acceptors (Lipinski definition) is 4. The number of nitrogens with one attached hydrogen (secondary N) is 1. The second kappa shape index (κ2) is 9.94. The number of benzene rings is 2. The summed E-state index contributed by atoms with van der Waals surface area (Å²) in [6.45, 7) is 4.43. The molecule has 3 aromatic rings. The molecule has 1 amide bonds. The highest BCUT2D eigenvalue weighted by Crippen LogP contribution is 2.25. The van der Waals surface area contributed by atoms with E-state index in [-0.39, 0.29) is 11.9 Å². The number of rotatable bonds is 6. The van der Waals surface area contributed by atoms with Gasteiger partial charge in [-0.3, -0.25) is 9.69 Å². The molecule has 1 aliphatic heterocycles. The number of amides is 1. The Hall–Kier alpha value is -2.54. The smallest absolute Gasteiger partial charge is 0.251 e. The molecule has 1 aliphatic rings. The molecule has 4 rings (SSSR count). The number of carbonyl (C=O) groups is 1. The van der Waals surface area contributed by atoms with Gasteiger partial charge in [-0.2, -0.15) is 0 Å². The van der Waals surface area contributed by atoms with E-state index in [9.17, 15) is 4.79 Å². The first-order valence-corrected chi connectivity index (χ1v) is 11.3. The Labute approximate surface area is 198 Å². The first-order valence-electron chi connectivity index (χ1n) is 10.6. The SMILES string of the molecule is COc1cc(C(=O)NC2CCCN(Cc3cc(Cl)cc(Cl)c3)C2)ccc1-n1cnc(C)c1. The summed E-state index contributed by atoms with van der Waals surface area (Å²) in [4.78, 5) is 19.5. The van der Waals surface area contributed by atoms with Crippen molar-refractivity contribution in [2.45, 2.75) is 32.4 Å². The van der Waals surface area contributed by atoms with Crippen LogP contribution in [0.15, 0.2) is 48.9 Å². The number of hydrogen-bond donors (Lipinski definition) is 1. The Bertz CT molecular complexity index is 1090. The highest BCUT2D eigenvalue weighted by molar-refractivity contribution is 6.34. The molecule has 2 aromatic carbocycles. The highest BCUT2D eigenvalue weighted by Gasteiger charge is 2.23. The lowest BCUT2D eigenvalue weighted by Gasteiger charge is -2.33. The van der Waals surface area contributed by atoms with Crippen LogP contribution in [0.1, 0.15) is 34.5 Å². The molecule has 1 aromatic heterocycles. The summed E-state index contributed by atoms with van der Waals surface area (Å²) in [5, 5.41) is 4.45. The van der Waals surface area contributed by atoms with Crippen LogP contribution in [-0.4, -0.2) is 46.6 Å². The number of aromatic nitrogens is 2. The minimum atomic E-state index is -0.102. The topological polar surface area (TPSA) is 59.4 Å². The third-order valence-electron chi connectivity index (χ3n) is 5.60. The van der Waals surface area contributed by atoms with Gasteiger partial charge in [-0.15, -0.1) is 0 Å². The van der Waals surface area contributed by atoms with E-state index in [1.54, 1.807) is 25.6 Å². The van der Waals surface area contributed by atoms with Gasteiger partial charge in [-0.05, 0) is 68.3 Å². The average Bonchev–Trinajstić information content (AvgIpc) is 3.19. The molecule has 1 N–H and O–H groups in total. The zero-order valence-corrected chi connectivity index (χ0v) is 19.7. The summed E-state index contributed by atoms with van der Waals surface area (Å²) >= 11 is 12.3. The van der Waals surface area contributed by atoms with Gasteiger partial charge < -0.3 is 14.6 Å². The van der Waals surface area contributed by atoms with Crippen molar-refractivity contribution in [2.24, 2.45) is 0 Å². The van der Waals surface area contributed by atoms with Crippen LogP contribution in [0.2, 0.25) is 10.0 Å². The predicted molar refractivity (Wildman–Crippen MR) is 127 cm³/mol. The fourth-order valence-corrected chi connectivity index (χ4v) is 4.70. The summed E-state index contributed by atoms with van der Waals surface area (Å²) in [5.74, 6) is 0.521. The van der Waals surface area contributed by atoms with Gasteiger partial charge >= 0.3 is 0 Å². The van der Waals surface area contributed by atoms with E-state index in [0.29, 0.717) is 21.4 Å². The molecule has 8 heteroatoms. The summed E-state index contributed by atoms with van der Waals surface area (Å²) < 4.78 is 7.42. The summed E-state index contributed by atoms with van der Waals surface area (Å²) in [5.41, 5.74) is 3.40. The summed E-state index contributed by atoms with van der Waals surface area (Å²) in [6.07, 6.45) is 5.61. The number of piperidine rings is 1. The van der Waals surface area contributed by atoms with Gasteiger partial charge in [0.25, 0.3) is 5.91 Å². The van der Waals surface area contributed by atoms with Crippen molar-refractivity contribution in [2.75, 3.05) is 20.2 Å². The predicted octanol–water partition coefficient (Wildman–Crippen LogP) is 4.89. The highest BCUT2D eigenvalue weighted by atomic mass is 35.5. The van der Waals surface area contributed by atoms with E-state index in [0.717, 1.165) is 49.4 Å². The summed E-state index contributed by atoms with van der Waals surface area (Å²) in [6, 6.07) is 11.2. The van der Waals surface area contributed by atoms with Crippen LogP contribution in [0.5, 0.6) is 5.75 Å². The molecular weight excluding hydrogens is 447 g/mol. The lowest BCUT2D eigenvalue weighted by molar-refractivity contribution is 0.0900. The van der Waals surface area contributed by atoms with Crippen molar-refractivity contribution in [3.05, 3.63) is 75.8 Å². The molecule has 0 saturated carbocycles. The lowest BCUT2D eigenvalue weighted by Crippen LogP contribution is -2.47. The number of carbonyl (C=O) groups excluding carboxylic acids is 1. The number of methoxy groups -OCH3 is 1. The number of nitrogens with zero attached hydrogens (tertiary/aromatic N) is 3. The molecule has 0 aliphatic carbocycles. The monoisotopic (exact) mass is 472 g/mol. The van der Waals surface area contributed by atoms with Crippen molar-refractivity contribution in [1.82, 2.24) is 19.8 Å². The van der Waals surface area contributed by atoms with Gasteiger partial charge in [0.15, 0.2) is 0 Å². The van der Waals surface area contributed by atoms with Gasteiger partial charge in [0.2, 0.25) is 0 Å². The summed E-state index contributed by atoms with van der Waals surface area (Å²) in [7, 11) is 1.60. The molecule has 0 spiro atoms. The number of likely N-dealkylation sites (tertiary alicyclic amines) is 1. The molecule has 1 atom stereocenters. The maximum atomic E-state index is 12.9. The molecular formula is C24H26Cl2N4O2. The average molecular weight is 473 g/mol. The van der Waals surface area contributed by atoms with Crippen molar-refractivity contribution >= 4 is 29.1 Å². The molecule has 1 fully saturated rings. The molecule has 1 unspecified atom stereocenters. The van der Waals surface area contributed by atoms with Crippen LogP contribution in [0.3, 0.4) is 0 Å². The first-order chi connectivity index (χ1) is 15.4. The number of imidazole rings is 1. The van der Waals surface area contributed by atoms with Crippen LogP contribution in [0.4, 0.5) is 0 Å². The Balaban J connectivity index is 1.41. The fourth-order valence-electron chi connectivity index (χ4n) is 4.13. The van der Waals surface area contributed by atoms with E-state index in [1.165, 1.54) is 0 Å². The van der Waals surface area contributed by atoms with Crippen molar-refractivity contribution < 1.29 is 9.53 Å². The van der Waals surface area contributed by atoms with Gasteiger partial charge in [-0.25, -0.2) is 4.98 Å². The van der Waals surface area contributed by atoms with Crippen LogP contribution in [0, 0.1) is 6.92 Å². The molecule has 6 nitrogen and oxygen atoms in total. The third-order valence-corrected chi connectivity index (χ3v) is 6.04. The van der Waals surface area contributed by atoms with E-state index in [1.807, 2.05) is 42.0 Å². The van der Waals surface area contributed by atoms with Gasteiger partial charge in [-0.1, -0.05) is 23.2 Å². The Morgan fingerprint density at radius 1 is 1.22 bits per heavy atom. The molecule has 0 bridgehead atoms. The largest absolute Gasteiger partial charge is 0.495 e. The normalized spacial score (nSPS) is 16.7. The van der Waals surface area contributed by atoms with Crippen molar-refractivity contribution in [3.8, 4) is 11.4 Å². The zero-order valence-electron chi connectivity index (χ0n) is 18.1. The molecule has 32 heavy (non-hydrogen) atoms. The van der Waals surface area contributed by atoms with Crippen molar-refractivity contribution in [1.29, 1.82) is 0 Å². The maximum Gasteiger partial charge on any atom is 0.251 e. The molecule has 168 valence electrons. The van der Waals surface area contributed by atoms with Crippen molar-refractivity contribution in [3.63, 3.8) is 0 Å². The number of aryl methyl sites for hydroxylation is 1. The maximum absolute atomic E-state index is 12.9. The van der Waals surface area contributed by atoms with Crippen LogP contribution >= 0.6 is 23.2 Å². The molecule has 2 heterocycles. The van der Waals surface area contributed by atoms with Crippen LogP contribution < -0.4 is 10.1 Å². The molecule has 0 radical (unpaired) electrons. The number of halogens is 2. The van der Waals surface area contributed by atoms with Gasteiger partial charge in [0, 0.05) is 40.9 Å². The van der Waals surface area contributed by atoms with Gasteiger partial charge in [0.1, 0.15) is 5.75 Å². The van der Waals surface area contributed by atoms with E-state index in [2.05, 4.69) is 15.2 Å². The zero-order chi connectivity index (χ0) is 22.7. The minimum Gasteiger partial charge on any atom is -0.495 e. The third kappa shape index (κ3) is 5.44. The minimum absolute atomic E-state index is 0.0767. The van der Waals surface area contributed by atoms with Crippen LogP contribution in [0.25, 0.3) is 5.69 Å². The second-order valence-electron chi connectivity index (χ2n) is 8.13. The quantitative estimate of drug-likeness (QED) is 0.554. The standard InChI is InChI=1S/C24H26Cl2N4O2/c1-16-12-30(15-27-16)22-6-5-18(10-23(22)32-2)24(31)28-21-4-3-7-29(14-21)13-17-8-19(25)11-20(26)9-17/h5-6,8-12,15,21H,3-4,7,13-14H2,1-2H3,(H,28,31). The Kier molecular flexibility index (Phi) is 7.04. The Morgan fingerprint density at radius 3 is 2.69 bits per heavy atom. The first kappa shape index (κ1) is 22.6. The lowest BCUT2D eigenvalue weighted by atomic mass is 10.0. The van der Waals surface area contributed by atoms with E-state index in [4.69, 9.17) is 27.9 Å². The molecule has 1 saturated heterocycles. The Morgan fingerprint density at radius 2 is 2.00 bits per heavy atom. The van der Waals surface area contributed by atoms with Gasteiger partial charge in [0.05, 0.1) is 24.8 Å².